The molecule has 0 aliphatic heterocycles. The van der Waals surface area contributed by atoms with Gasteiger partial charge in [-0.25, -0.2) is 4.79 Å². The maximum Gasteiger partial charge on any atom is 0.328 e. The van der Waals surface area contributed by atoms with Crippen LogP contribution in [0.2, 0.25) is 0 Å². The van der Waals surface area contributed by atoms with Crippen molar-refractivity contribution in [2.75, 3.05) is 18.5 Å². The number of aliphatic carboxylic acids is 1. The van der Waals surface area contributed by atoms with Gasteiger partial charge in [-0.1, -0.05) is 24.5 Å². The highest BCUT2D eigenvalue weighted by molar-refractivity contribution is 5.87. The summed E-state index contributed by atoms with van der Waals surface area (Å²) in [5.41, 5.74) is 3.24. The maximum absolute atomic E-state index is 10.7. The number of anilines is 1. The first-order valence-electron chi connectivity index (χ1n) is 7.29. The van der Waals surface area contributed by atoms with Crippen LogP contribution >= 0.6 is 0 Å². The number of nitrogens with zero attached hydrogens (tertiary/aromatic N) is 1. The van der Waals surface area contributed by atoms with E-state index in [1.165, 1.54) is 31.8 Å². The van der Waals surface area contributed by atoms with Crippen LogP contribution in [0.1, 0.15) is 36.8 Å². The highest BCUT2D eigenvalue weighted by Gasteiger charge is 2.17. The zero-order valence-corrected chi connectivity index (χ0v) is 12.3. The van der Waals surface area contributed by atoms with Crippen molar-refractivity contribution >= 4 is 17.7 Å². The van der Waals surface area contributed by atoms with Crippen LogP contribution in [0.3, 0.4) is 0 Å². The van der Waals surface area contributed by atoms with Crippen molar-refractivity contribution in [1.29, 1.82) is 0 Å². The fraction of sp³-hybridized carbons (Fsp3) is 0.471. The van der Waals surface area contributed by atoms with Gasteiger partial charge in [-0.15, -0.1) is 0 Å². The summed E-state index contributed by atoms with van der Waals surface area (Å²) in [4.78, 5) is 13.0. The van der Waals surface area contributed by atoms with E-state index in [-0.39, 0.29) is 0 Å². The largest absolute Gasteiger partial charge is 0.478 e. The van der Waals surface area contributed by atoms with Crippen molar-refractivity contribution < 1.29 is 9.90 Å². The van der Waals surface area contributed by atoms with E-state index >= 15 is 0 Å². The zero-order valence-electron chi connectivity index (χ0n) is 12.3. The minimum atomic E-state index is -0.907. The lowest BCUT2D eigenvalue weighted by Gasteiger charge is -2.25. The fourth-order valence-electron chi connectivity index (χ4n) is 2.99. The van der Waals surface area contributed by atoms with Crippen molar-refractivity contribution in [2.24, 2.45) is 5.92 Å². The topological polar surface area (TPSA) is 40.5 Å². The smallest absolute Gasteiger partial charge is 0.328 e. The standard InChI is InChI=1S/C17H23NO2/c1-13-7-9-16(15(11-13)8-10-17(19)20)18(2)12-14-5-3-4-6-14/h7-11,14H,3-6,12H2,1-2H3,(H,19,20)/b10-8+. The van der Waals surface area contributed by atoms with E-state index in [1.54, 1.807) is 6.08 Å². The normalized spacial score (nSPS) is 15.9. The SMILES string of the molecule is Cc1ccc(N(C)CC2CCCC2)c(/C=C/C(=O)O)c1. The van der Waals surface area contributed by atoms with Crippen molar-refractivity contribution in [3.63, 3.8) is 0 Å². The number of rotatable bonds is 5. The Hall–Kier alpha value is -1.77. The van der Waals surface area contributed by atoms with Gasteiger partial charge in [0.25, 0.3) is 0 Å². The van der Waals surface area contributed by atoms with Gasteiger partial charge in [-0.2, -0.15) is 0 Å². The van der Waals surface area contributed by atoms with Gasteiger partial charge in [0.1, 0.15) is 0 Å². The second-order valence-corrected chi connectivity index (χ2v) is 5.76. The summed E-state index contributed by atoms with van der Waals surface area (Å²) in [5.74, 6) is -0.131. The van der Waals surface area contributed by atoms with Crippen LogP contribution in [-0.4, -0.2) is 24.7 Å². The lowest BCUT2D eigenvalue weighted by atomic mass is 10.0. The molecule has 0 bridgehead atoms. The van der Waals surface area contributed by atoms with E-state index in [9.17, 15) is 4.79 Å². The van der Waals surface area contributed by atoms with Gasteiger partial charge in [0, 0.05) is 25.4 Å². The van der Waals surface area contributed by atoms with Crippen molar-refractivity contribution in [3.05, 3.63) is 35.4 Å². The Labute approximate surface area is 120 Å². The molecule has 0 heterocycles. The Morgan fingerprint density at radius 3 is 2.75 bits per heavy atom. The number of carboxylic acid groups (broad SMARTS) is 1. The van der Waals surface area contributed by atoms with Crippen LogP contribution in [0.5, 0.6) is 0 Å². The summed E-state index contributed by atoms with van der Waals surface area (Å²) < 4.78 is 0. The van der Waals surface area contributed by atoms with Crippen LogP contribution in [0, 0.1) is 12.8 Å². The summed E-state index contributed by atoms with van der Waals surface area (Å²) in [7, 11) is 2.10. The van der Waals surface area contributed by atoms with Crippen LogP contribution in [0.4, 0.5) is 5.69 Å². The van der Waals surface area contributed by atoms with Gasteiger partial charge in [-0.3, -0.25) is 0 Å². The van der Waals surface area contributed by atoms with Crippen molar-refractivity contribution in [3.8, 4) is 0 Å². The molecule has 1 aromatic carbocycles. The first-order chi connectivity index (χ1) is 9.56. The van der Waals surface area contributed by atoms with Crippen LogP contribution in [0.25, 0.3) is 6.08 Å². The fourth-order valence-corrected chi connectivity index (χ4v) is 2.99. The molecule has 0 saturated heterocycles. The predicted octanol–water partition coefficient (Wildman–Crippen LogP) is 3.72. The number of hydrogen-bond acceptors (Lipinski definition) is 2. The average molecular weight is 273 g/mol. The summed E-state index contributed by atoms with van der Waals surface area (Å²) in [6.45, 7) is 3.08. The molecular formula is C17H23NO2. The molecule has 3 heteroatoms. The summed E-state index contributed by atoms with van der Waals surface area (Å²) >= 11 is 0. The van der Waals surface area contributed by atoms with Crippen molar-refractivity contribution in [2.45, 2.75) is 32.6 Å². The second-order valence-electron chi connectivity index (χ2n) is 5.76. The molecule has 3 nitrogen and oxygen atoms in total. The molecule has 0 atom stereocenters. The quantitative estimate of drug-likeness (QED) is 0.831. The van der Waals surface area contributed by atoms with E-state index in [0.29, 0.717) is 0 Å². The summed E-state index contributed by atoms with van der Waals surface area (Å²) in [6, 6.07) is 6.21. The molecule has 0 spiro atoms. The van der Waals surface area contributed by atoms with Gasteiger partial charge in [0.2, 0.25) is 0 Å². The van der Waals surface area contributed by atoms with Crippen LogP contribution in [0.15, 0.2) is 24.3 Å². The van der Waals surface area contributed by atoms with Gasteiger partial charge >= 0.3 is 5.97 Å². The molecule has 1 aromatic rings. The molecule has 0 aromatic heterocycles. The average Bonchev–Trinajstić information content (AvgIpc) is 2.89. The number of benzene rings is 1. The van der Waals surface area contributed by atoms with E-state index in [2.05, 4.69) is 24.1 Å². The van der Waals surface area contributed by atoms with Crippen LogP contribution < -0.4 is 4.90 Å². The molecule has 1 fully saturated rings. The van der Waals surface area contributed by atoms with E-state index in [4.69, 9.17) is 5.11 Å². The third kappa shape index (κ3) is 3.86. The Morgan fingerprint density at radius 2 is 2.10 bits per heavy atom. The number of carboxylic acids is 1. The molecule has 108 valence electrons. The first-order valence-corrected chi connectivity index (χ1v) is 7.29. The Balaban J connectivity index is 2.18. The molecule has 0 unspecified atom stereocenters. The number of aryl methyl sites for hydroxylation is 1. The van der Waals surface area contributed by atoms with Gasteiger partial charge in [0.15, 0.2) is 0 Å². The van der Waals surface area contributed by atoms with E-state index in [1.807, 2.05) is 13.0 Å². The molecule has 1 aliphatic carbocycles. The highest BCUT2D eigenvalue weighted by Crippen LogP contribution is 2.29. The van der Waals surface area contributed by atoms with Gasteiger partial charge < -0.3 is 10.0 Å². The minimum Gasteiger partial charge on any atom is -0.478 e. The molecular weight excluding hydrogens is 250 g/mol. The molecule has 1 N–H and O–H groups in total. The second kappa shape index (κ2) is 6.60. The number of hydrogen-bond donors (Lipinski definition) is 1. The van der Waals surface area contributed by atoms with Crippen molar-refractivity contribution in [1.82, 2.24) is 0 Å². The predicted molar refractivity (Wildman–Crippen MR) is 83.1 cm³/mol. The first kappa shape index (κ1) is 14.6. The molecule has 0 radical (unpaired) electrons. The molecule has 2 rings (SSSR count). The lowest BCUT2D eigenvalue weighted by molar-refractivity contribution is -0.131. The Bertz CT molecular complexity index is 502. The molecule has 20 heavy (non-hydrogen) atoms. The van der Waals surface area contributed by atoms with Gasteiger partial charge in [0.05, 0.1) is 0 Å². The lowest BCUT2D eigenvalue weighted by Crippen LogP contribution is -2.24. The van der Waals surface area contributed by atoms with E-state index in [0.717, 1.165) is 29.3 Å². The maximum atomic E-state index is 10.7. The minimum absolute atomic E-state index is 0.776. The Morgan fingerprint density at radius 1 is 1.40 bits per heavy atom. The Kier molecular flexibility index (Phi) is 4.83. The highest BCUT2D eigenvalue weighted by atomic mass is 16.4. The molecule has 1 saturated carbocycles. The number of carbonyl (C=O) groups is 1. The van der Waals surface area contributed by atoms with E-state index < -0.39 is 5.97 Å². The van der Waals surface area contributed by atoms with Gasteiger partial charge in [-0.05, 0) is 49.5 Å². The molecule has 1 aliphatic rings. The third-order valence-electron chi connectivity index (χ3n) is 4.01. The monoisotopic (exact) mass is 273 g/mol. The summed E-state index contributed by atoms with van der Waals surface area (Å²) in [6.07, 6.45) is 8.22. The third-order valence-corrected chi connectivity index (χ3v) is 4.01. The summed E-state index contributed by atoms with van der Waals surface area (Å²) in [5, 5.41) is 8.80. The zero-order chi connectivity index (χ0) is 14.5. The molecule has 0 amide bonds. The van der Waals surface area contributed by atoms with Crippen LogP contribution in [-0.2, 0) is 4.79 Å².